The minimum absolute atomic E-state index is 0.0749. The maximum absolute atomic E-state index is 13.3. The smallest absolute Gasteiger partial charge is 0.251 e. The van der Waals surface area contributed by atoms with Gasteiger partial charge in [-0.1, -0.05) is 30.0 Å². The molecule has 3 aromatic carbocycles. The van der Waals surface area contributed by atoms with Gasteiger partial charge in [-0.3, -0.25) is 4.79 Å². The molecule has 0 bridgehead atoms. The van der Waals surface area contributed by atoms with Crippen molar-refractivity contribution in [3.05, 3.63) is 95.2 Å². The SMILES string of the molecule is CNC(=O)c1ccc(C#Cc2ccc(OC)c(S(=O)(=O)N[C@@H](CO)Cc3c[nH]c4ccccc34)c2)cc1. The Balaban J connectivity index is 1.57. The molecule has 0 aliphatic carbocycles. The maximum atomic E-state index is 13.3. The molecule has 8 nitrogen and oxygen atoms in total. The molecule has 4 N–H and O–H groups in total. The van der Waals surface area contributed by atoms with E-state index < -0.39 is 16.1 Å². The summed E-state index contributed by atoms with van der Waals surface area (Å²) in [7, 11) is -1.10. The normalized spacial score (nSPS) is 12.0. The molecule has 1 amide bonds. The van der Waals surface area contributed by atoms with Gasteiger partial charge in [-0.25, -0.2) is 13.1 Å². The summed E-state index contributed by atoms with van der Waals surface area (Å²) in [6, 6.07) is 18.4. The molecule has 4 rings (SSSR count). The van der Waals surface area contributed by atoms with Crippen LogP contribution < -0.4 is 14.8 Å². The Kier molecular flexibility index (Phi) is 7.94. The summed E-state index contributed by atoms with van der Waals surface area (Å²) in [6.45, 7) is -0.382. The Morgan fingerprint density at radius 3 is 2.46 bits per heavy atom. The van der Waals surface area contributed by atoms with Crippen LogP contribution in [0.2, 0.25) is 0 Å². The number of carbonyl (C=O) groups is 1. The molecule has 1 heterocycles. The van der Waals surface area contributed by atoms with Gasteiger partial charge >= 0.3 is 0 Å². The zero-order valence-corrected chi connectivity index (χ0v) is 21.2. The lowest BCUT2D eigenvalue weighted by Gasteiger charge is -2.18. The van der Waals surface area contributed by atoms with Crippen molar-refractivity contribution in [1.29, 1.82) is 0 Å². The van der Waals surface area contributed by atoms with Crippen molar-refractivity contribution < 1.29 is 23.1 Å². The molecular weight excluding hydrogens is 490 g/mol. The van der Waals surface area contributed by atoms with E-state index in [4.69, 9.17) is 4.74 Å². The van der Waals surface area contributed by atoms with Crippen LogP contribution in [-0.4, -0.2) is 51.2 Å². The number of para-hydroxylation sites is 1. The van der Waals surface area contributed by atoms with Crippen molar-refractivity contribution in [1.82, 2.24) is 15.0 Å². The number of hydrogen-bond donors (Lipinski definition) is 4. The molecule has 0 saturated heterocycles. The Bertz CT molecular complexity index is 1580. The number of benzene rings is 3. The highest BCUT2D eigenvalue weighted by Crippen LogP contribution is 2.26. The van der Waals surface area contributed by atoms with Crippen LogP contribution in [0.4, 0.5) is 0 Å². The van der Waals surface area contributed by atoms with Crippen LogP contribution in [0.5, 0.6) is 5.75 Å². The van der Waals surface area contributed by atoms with Crippen molar-refractivity contribution in [2.75, 3.05) is 20.8 Å². The fourth-order valence-corrected chi connectivity index (χ4v) is 5.37. The summed E-state index contributed by atoms with van der Waals surface area (Å²) in [5.74, 6) is 5.91. The number of fused-ring (bicyclic) bond motifs is 1. The number of nitrogens with one attached hydrogen (secondary N) is 3. The molecule has 37 heavy (non-hydrogen) atoms. The van der Waals surface area contributed by atoms with E-state index in [1.54, 1.807) is 43.4 Å². The van der Waals surface area contributed by atoms with Crippen molar-refractivity contribution in [2.45, 2.75) is 17.4 Å². The Hall–Kier alpha value is -4.10. The quantitative estimate of drug-likeness (QED) is 0.268. The molecule has 0 aliphatic heterocycles. The molecule has 1 aromatic heterocycles. The summed E-state index contributed by atoms with van der Waals surface area (Å²) in [5.41, 5.74) is 3.49. The van der Waals surface area contributed by atoms with Crippen LogP contribution in [0.3, 0.4) is 0 Å². The van der Waals surface area contributed by atoms with Gasteiger partial charge in [-0.05, 0) is 60.5 Å². The average Bonchev–Trinajstić information content (AvgIpc) is 3.33. The molecule has 0 saturated carbocycles. The largest absolute Gasteiger partial charge is 0.495 e. The number of sulfonamides is 1. The molecule has 0 radical (unpaired) electrons. The minimum Gasteiger partial charge on any atom is -0.495 e. The molecule has 1 atom stereocenters. The van der Waals surface area contributed by atoms with Crippen molar-refractivity contribution >= 4 is 26.8 Å². The number of methoxy groups -OCH3 is 1. The second-order valence-electron chi connectivity index (χ2n) is 8.34. The van der Waals surface area contributed by atoms with E-state index in [1.807, 2.05) is 30.5 Å². The number of hydrogen-bond acceptors (Lipinski definition) is 5. The fraction of sp³-hybridized carbons (Fsp3) is 0.179. The molecule has 0 fully saturated rings. The number of rotatable bonds is 8. The van der Waals surface area contributed by atoms with E-state index in [-0.39, 0.29) is 23.2 Å². The van der Waals surface area contributed by atoms with Crippen LogP contribution in [0.25, 0.3) is 10.9 Å². The number of ether oxygens (including phenoxy) is 1. The molecule has 0 unspecified atom stereocenters. The zero-order valence-electron chi connectivity index (χ0n) is 20.4. The first-order valence-electron chi connectivity index (χ1n) is 11.5. The van der Waals surface area contributed by atoms with Crippen molar-refractivity contribution in [3.63, 3.8) is 0 Å². The number of aromatic nitrogens is 1. The van der Waals surface area contributed by atoms with E-state index >= 15 is 0 Å². The summed E-state index contributed by atoms with van der Waals surface area (Å²) < 4.78 is 34.6. The van der Waals surface area contributed by atoms with Crippen molar-refractivity contribution in [2.24, 2.45) is 0 Å². The van der Waals surface area contributed by atoms with E-state index in [9.17, 15) is 18.3 Å². The molecule has 0 aliphatic rings. The summed E-state index contributed by atoms with van der Waals surface area (Å²) in [6.07, 6.45) is 2.12. The van der Waals surface area contributed by atoms with Gasteiger partial charge in [0.2, 0.25) is 10.0 Å². The van der Waals surface area contributed by atoms with Gasteiger partial charge < -0.3 is 20.1 Å². The second kappa shape index (κ2) is 11.3. The number of aliphatic hydroxyl groups excluding tert-OH is 1. The molecule has 190 valence electrons. The topological polar surface area (TPSA) is 121 Å². The highest BCUT2D eigenvalue weighted by Gasteiger charge is 2.24. The summed E-state index contributed by atoms with van der Waals surface area (Å²) in [4.78, 5) is 14.8. The van der Waals surface area contributed by atoms with Gasteiger partial charge in [-0.15, -0.1) is 0 Å². The third-order valence-corrected chi connectivity index (χ3v) is 7.40. The van der Waals surface area contributed by atoms with E-state index in [0.29, 0.717) is 23.1 Å². The van der Waals surface area contributed by atoms with E-state index in [2.05, 4.69) is 26.9 Å². The monoisotopic (exact) mass is 517 g/mol. The van der Waals surface area contributed by atoms with Crippen LogP contribution in [-0.2, 0) is 16.4 Å². The third-order valence-electron chi connectivity index (χ3n) is 5.86. The number of aromatic amines is 1. The van der Waals surface area contributed by atoms with Gasteiger partial charge in [0, 0.05) is 46.9 Å². The lowest BCUT2D eigenvalue weighted by atomic mass is 10.1. The highest BCUT2D eigenvalue weighted by molar-refractivity contribution is 7.89. The molecule has 0 spiro atoms. The standard InChI is InChI=1S/C28H27N3O5S/c1-29-28(33)21-12-9-19(10-13-21)7-8-20-11-14-26(36-2)27(15-20)37(34,35)31-23(18-32)16-22-17-30-25-6-4-3-5-24(22)25/h3-6,9-15,17,23,30-32H,16,18H2,1-2H3,(H,29,33)/t23-/m1/s1. The van der Waals surface area contributed by atoms with Gasteiger partial charge in [0.1, 0.15) is 10.6 Å². The fourth-order valence-electron chi connectivity index (χ4n) is 3.95. The Morgan fingerprint density at radius 1 is 1.05 bits per heavy atom. The average molecular weight is 518 g/mol. The summed E-state index contributed by atoms with van der Waals surface area (Å²) >= 11 is 0. The lowest BCUT2D eigenvalue weighted by Crippen LogP contribution is -2.39. The number of H-pyrrole nitrogens is 1. The number of carbonyl (C=O) groups excluding carboxylic acids is 1. The second-order valence-corrected chi connectivity index (χ2v) is 10.0. The van der Waals surface area contributed by atoms with E-state index in [0.717, 1.165) is 16.5 Å². The van der Waals surface area contributed by atoms with Gasteiger partial charge in [0.25, 0.3) is 5.91 Å². The number of amides is 1. The van der Waals surface area contributed by atoms with E-state index in [1.165, 1.54) is 13.2 Å². The first-order chi connectivity index (χ1) is 17.8. The highest BCUT2D eigenvalue weighted by atomic mass is 32.2. The molecule has 9 heteroatoms. The molecule has 4 aromatic rings. The maximum Gasteiger partial charge on any atom is 0.251 e. The zero-order chi connectivity index (χ0) is 26.4. The summed E-state index contributed by atoms with van der Waals surface area (Å²) in [5, 5.41) is 13.5. The Labute approximate surface area is 215 Å². The lowest BCUT2D eigenvalue weighted by molar-refractivity contribution is 0.0963. The first-order valence-corrected chi connectivity index (χ1v) is 13.0. The Morgan fingerprint density at radius 2 is 1.76 bits per heavy atom. The first kappa shape index (κ1) is 26.0. The number of aliphatic hydroxyl groups is 1. The minimum atomic E-state index is -4.05. The van der Waals surface area contributed by atoms with Crippen LogP contribution in [0.15, 0.2) is 77.8 Å². The van der Waals surface area contributed by atoms with Gasteiger partial charge in [0.05, 0.1) is 13.7 Å². The molecular formula is C28H27N3O5S. The van der Waals surface area contributed by atoms with Crippen LogP contribution in [0.1, 0.15) is 27.0 Å². The van der Waals surface area contributed by atoms with Gasteiger partial charge in [0.15, 0.2) is 0 Å². The van der Waals surface area contributed by atoms with Crippen molar-refractivity contribution in [3.8, 4) is 17.6 Å². The van der Waals surface area contributed by atoms with Crippen LogP contribution in [0, 0.1) is 11.8 Å². The van der Waals surface area contributed by atoms with Crippen LogP contribution >= 0.6 is 0 Å². The third kappa shape index (κ3) is 6.01. The predicted octanol–water partition coefficient (Wildman–Crippen LogP) is 2.82. The van der Waals surface area contributed by atoms with Gasteiger partial charge in [-0.2, -0.15) is 0 Å². The predicted molar refractivity (Wildman–Crippen MR) is 142 cm³/mol.